The Morgan fingerprint density at radius 1 is 1.12 bits per heavy atom. The van der Waals surface area contributed by atoms with Gasteiger partial charge in [0.1, 0.15) is 5.75 Å². The van der Waals surface area contributed by atoms with Crippen molar-refractivity contribution in [1.29, 1.82) is 0 Å². The first kappa shape index (κ1) is 18.0. The minimum Gasteiger partial charge on any atom is -0.496 e. The van der Waals surface area contributed by atoms with Crippen LogP contribution >= 0.6 is 0 Å². The van der Waals surface area contributed by atoms with Gasteiger partial charge in [0.25, 0.3) is 10.1 Å². The van der Waals surface area contributed by atoms with Gasteiger partial charge in [-0.3, -0.25) is 4.18 Å². The molecule has 0 fully saturated rings. The van der Waals surface area contributed by atoms with Gasteiger partial charge in [-0.05, 0) is 30.7 Å². The molecular weight excluding hydrogens is 332 g/mol. The first-order valence-electron chi connectivity index (χ1n) is 7.18. The van der Waals surface area contributed by atoms with E-state index in [9.17, 15) is 18.3 Å². The SMILES string of the molecule is COc1ccccc1CC(OS(=O)(=O)c1ccc(C)cc1)C(=O)O. The van der Waals surface area contributed by atoms with Crippen molar-refractivity contribution in [2.75, 3.05) is 7.11 Å². The highest BCUT2D eigenvalue weighted by molar-refractivity contribution is 7.86. The van der Waals surface area contributed by atoms with Gasteiger partial charge in [-0.1, -0.05) is 35.9 Å². The average Bonchev–Trinajstić information content (AvgIpc) is 2.55. The number of hydrogen-bond acceptors (Lipinski definition) is 5. The number of carboxylic acids is 1. The van der Waals surface area contributed by atoms with Crippen LogP contribution in [-0.2, 0) is 25.5 Å². The van der Waals surface area contributed by atoms with Crippen molar-refractivity contribution in [1.82, 2.24) is 0 Å². The molecule has 0 amide bonds. The van der Waals surface area contributed by atoms with E-state index in [1.807, 2.05) is 6.92 Å². The molecule has 128 valence electrons. The Morgan fingerprint density at radius 3 is 2.33 bits per heavy atom. The first-order chi connectivity index (χ1) is 11.3. The van der Waals surface area contributed by atoms with E-state index in [-0.39, 0.29) is 11.3 Å². The summed E-state index contributed by atoms with van der Waals surface area (Å²) >= 11 is 0. The normalized spacial score (nSPS) is 12.6. The molecule has 0 radical (unpaired) electrons. The van der Waals surface area contributed by atoms with Crippen LogP contribution in [0.5, 0.6) is 5.75 Å². The summed E-state index contributed by atoms with van der Waals surface area (Å²) in [5, 5.41) is 9.32. The molecule has 0 aromatic heterocycles. The van der Waals surface area contributed by atoms with Gasteiger partial charge in [0.2, 0.25) is 0 Å². The minimum absolute atomic E-state index is 0.0839. The van der Waals surface area contributed by atoms with E-state index in [1.54, 1.807) is 36.4 Å². The Hall–Kier alpha value is -2.38. The number of benzene rings is 2. The quantitative estimate of drug-likeness (QED) is 0.771. The van der Waals surface area contributed by atoms with Gasteiger partial charge in [-0.15, -0.1) is 0 Å². The van der Waals surface area contributed by atoms with Crippen molar-refractivity contribution in [3.63, 3.8) is 0 Å². The second-order valence-electron chi connectivity index (χ2n) is 5.21. The maximum absolute atomic E-state index is 12.3. The lowest BCUT2D eigenvalue weighted by Gasteiger charge is -2.15. The molecule has 0 aliphatic carbocycles. The Labute approximate surface area is 140 Å². The van der Waals surface area contributed by atoms with Crippen LogP contribution in [0, 0.1) is 6.92 Å². The zero-order chi connectivity index (χ0) is 17.7. The Bertz CT molecular complexity index is 811. The van der Waals surface area contributed by atoms with Gasteiger partial charge in [0, 0.05) is 6.42 Å². The number of carbonyl (C=O) groups is 1. The van der Waals surface area contributed by atoms with Crippen molar-refractivity contribution in [2.24, 2.45) is 0 Å². The molecule has 7 heteroatoms. The average molecular weight is 350 g/mol. The van der Waals surface area contributed by atoms with Crippen LogP contribution in [0.15, 0.2) is 53.4 Å². The van der Waals surface area contributed by atoms with Gasteiger partial charge >= 0.3 is 5.97 Å². The van der Waals surface area contributed by atoms with E-state index in [1.165, 1.54) is 19.2 Å². The summed E-state index contributed by atoms with van der Waals surface area (Å²) in [5.74, 6) is -0.892. The van der Waals surface area contributed by atoms with Crippen molar-refractivity contribution in [2.45, 2.75) is 24.3 Å². The predicted molar refractivity (Wildman–Crippen MR) is 87.6 cm³/mol. The monoisotopic (exact) mass is 350 g/mol. The second-order valence-corrected chi connectivity index (χ2v) is 6.78. The molecule has 0 bridgehead atoms. The molecule has 0 saturated carbocycles. The number of ether oxygens (including phenoxy) is 1. The molecule has 6 nitrogen and oxygen atoms in total. The van der Waals surface area contributed by atoms with Gasteiger partial charge in [0.05, 0.1) is 12.0 Å². The number of aliphatic carboxylic acids is 1. The fourth-order valence-corrected chi connectivity index (χ4v) is 3.18. The van der Waals surface area contributed by atoms with Crippen LogP contribution in [0.3, 0.4) is 0 Å². The standard InChI is InChI=1S/C17H18O6S/c1-12-7-9-14(10-8-12)24(20,21)23-16(17(18)19)11-13-5-3-4-6-15(13)22-2/h3-10,16H,11H2,1-2H3,(H,18,19). The Morgan fingerprint density at radius 2 is 1.75 bits per heavy atom. The maximum atomic E-state index is 12.3. The molecule has 0 spiro atoms. The lowest BCUT2D eigenvalue weighted by Crippen LogP contribution is -2.29. The van der Waals surface area contributed by atoms with Gasteiger partial charge in [0.15, 0.2) is 6.10 Å². The van der Waals surface area contributed by atoms with Gasteiger partial charge in [-0.2, -0.15) is 8.42 Å². The van der Waals surface area contributed by atoms with E-state index in [0.29, 0.717) is 11.3 Å². The van der Waals surface area contributed by atoms with Crippen LogP contribution in [-0.4, -0.2) is 32.7 Å². The molecule has 2 rings (SSSR count). The third kappa shape index (κ3) is 4.33. The van der Waals surface area contributed by atoms with Crippen molar-refractivity contribution in [3.05, 3.63) is 59.7 Å². The largest absolute Gasteiger partial charge is 0.496 e. The van der Waals surface area contributed by atoms with Crippen LogP contribution in [0.25, 0.3) is 0 Å². The highest BCUT2D eigenvalue weighted by Crippen LogP contribution is 2.22. The number of hydrogen-bond donors (Lipinski definition) is 1. The van der Waals surface area contributed by atoms with Crippen LogP contribution < -0.4 is 4.74 Å². The summed E-state index contributed by atoms with van der Waals surface area (Å²) in [7, 11) is -2.73. The molecule has 1 unspecified atom stereocenters. The smallest absolute Gasteiger partial charge is 0.334 e. The molecule has 2 aromatic carbocycles. The first-order valence-corrected chi connectivity index (χ1v) is 8.59. The minimum atomic E-state index is -4.18. The zero-order valence-electron chi connectivity index (χ0n) is 13.3. The van der Waals surface area contributed by atoms with E-state index >= 15 is 0 Å². The molecule has 0 aliphatic heterocycles. The van der Waals surface area contributed by atoms with E-state index in [0.717, 1.165) is 5.56 Å². The van der Waals surface area contributed by atoms with Crippen LogP contribution in [0.2, 0.25) is 0 Å². The summed E-state index contributed by atoms with van der Waals surface area (Å²) < 4.78 is 34.7. The topological polar surface area (TPSA) is 89.9 Å². The molecule has 0 saturated heterocycles. The second kappa shape index (κ2) is 7.46. The predicted octanol–water partition coefficient (Wildman–Crippen LogP) is 2.40. The van der Waals surface area contributed by atoms with Crippen molar-refractivity contribution in [3.8, 4) is 5.75 Å². The lowest BCUT2D eigenvalue weighted by atomic mass is 10.1. The zero-order valence-corrected chi connectivity index (χ0v) is 14.1. The number of methoxy groups -OCH3 is 1. The Kier molecular flexibility index (Phi) is 5.58. The summed E-state index contributed by atoms with van der Waals surface area (Å²) in [5.41, 5.74) is 1.43. The molecule has 0 aliphatic rings. The molecule has 24 heavy (non-hydrogen) atoms. The van der Waals surface area contributed by atoms with E-state index < -0.39 is 22.2 Å². The van der Waals surface area contributed by atoms with Gasteiger partial charge < -0.3 is 9.84 Å². The summed E-state index contributed by atoms with van der Waals surface area (Å²) in [6, 6.07) is 12.8. The maximum Gasteiger partial charge on any atom is 0.334 e. The van der Waals surface area contributed by atoms with Crippen LogP contribution in [0.1, 0.15) is 11.1 Å². The highest BCUT2D eigenvalue weighted by atomic mass is 32.2. The third-order valence-corrected chi connectivity index (χ3v) is 4.76. The van der Waals surface area contributed by atoms with Crippen LogP contribution in [0.4, 0.5) is 0 Å². The summed E-state index contributed by atoms with van der Waals surface area (Å²) in [6.45, 7) is 1.82. The lowest BCUT2D eigenvalue weighted by molar-refractivity contribution is -0.144. The summed E-state index contributed by atoms with van der Waals surface area (Å²) in [4.78, 5) is 11.4. The van der Waals surface area contributed by atoms with Crippen molar-refractivity contribution >= 4 is 16.1 Å². The van der Waals surface area contributed by atoms with E-state index in [2.05, 4.69) is 0 Å². The number of aryl methyl sites for hydroxylation is 1. The van der Waals surface area contributed by atoms with Gasteiger partial charge in [-0.25, -0.2) is 4.79 Å². The molecule has 1 atom stereocenters. The number of carboxylic acid groups (broad SMARTS) is 1. The molecule has 0 heterocycles. The van der Waals surface area contributed by atoms with E-state index in [4.69, 9.17) is 8.92 Å². The highest BCUT2D eigenvalue weighted by Gasteiger charge is 2.28. The summed E-state index contributed by atoms with van der Waals surface area (Å²) in [6.07, 6.45) is -1.68. The fraction of sp³-hybridized carbons (Fsp3) is 0.235. The molecule has 1 N–H and O–H groups in total. The number of para-hydroxylation sites is 1. The molecule has 2 aromatic rings. The fourth-order valence-electron chi connectivity index (χ4n) is 2.15. The Balaban J connectivity index is 2.25. The third-order valence-electron chi connectivity index (χ3n) is 3.43. The molecular formula is C17H18O6S. The van der Waals surface area contributed by atoms with Crippen molar-refractivity contribution < 1.29 is 27.2 Å². The number of rotatable bonds is 7.